The van der Waals surface area contributed by atoms with Crippen molar-refractivity contribution < 1.29 is 27.4 Å². The maximum atomic E-state index is 12.4. The second-order valence-corrected chi connectivity index (χ2v) is 5.62. The minimum Gasteiger partial charge on any atom is -0.496 e. The van der Waals surface area contributed by atoms with E-state index in [-0.39, 0.29) is 11.5 Å². The van der Waals surface area contributed by atoms with E-state index in [9.17, 15) is 13.2 Å². The van der Waals surface area contributed by atoms with Crippen molar-refractivity contribution in [1.82, 2.24) is 4.98 Å². The van der Waals surface area contributed by atoms with Gasteiger partial charge >= 0.3 is 6.36 Å². The molecule has 1 heterocycles. The van der Waals surface area contributed by atoms with Gasteiger partial charge in [0, 0.05) is 17.2 Å². The molecule has 5 nitrogen and oxygen atoms in total. The van der Waals surface area contributed by atoms with Crippen LogP contribution in [-0.2, 0) is 6.42 Å². The third-order valence-electron chi connectivity index (χ3n) is 3.76. The molecule has 2 rings (SSSR count). The molecule has 0 aliphatic carbocycles. The Balaban J connectivity index is 2.46. The largest absolute Gasteiger partial charge is 0.573 e. The predicted octanol–water partition coefficient (Wildman–Crippen LogP) is 3.86. The number of rotatable bonds is 7. The van der Waals surface area contributed by atoms with Crippen molar-refractivity contribution in [3.8, 4) is 28.6 Å². The second-order valence-electron chi connectivity index (χ2n) is 5.62. The van der Waals surface area contributed by atoms with Gasteiger partial charge in [-0.15, -0.1) is 13.2 Å². The molecule has 0 radical (unpaired) electrons. The van der Waals surface area contributed by atoms with Gasteiger partial charge in [-0.2, -0.15) is 0 Å². The molecule has 0 aliphatic rings. The fourth-order valence-corrected chi connectivity index (χ4v) is 2.64. The number of hydrogen-bond acceptors (Lipinski definition) is 5. The number of aromatic nitrogens is 1. The zero-order chi connectivity index (χ0) is 19.3. The number of methoxy groups -OCH3 is 2. The van der Waals surface area contributed by atoms with Gasteiger partial charge in [-0.25, -0.2) is 4.98 Å². The van der Waals surface area contributed by atoms with Crippen LogP contribution in [0.15, 0.2) is 24.3 Å². The smallest absolute Gasteiger partial charge is 0.496 e. The highest BCUT2D eigenvalue weighted by molar-refractivity contribution is 5.72. The number of ether oxygens (including phenoxy) is 3. The van der Waals surface area contributed by atoms with Crippen molar-refractivity contribution in [2.75, 3.05) is 20.8 Å². The molecule has 0 aliphatic heterocycles. The molecule has 0 saturated carbocycles. The van der Waals surface area contributed by atoms with Gasteiger partial charge in [-0.1, -0.05) is 0 Å². The van der Waals surface area contributed by atoms with Crippen LogP contribution in [0, 0.1) is 6.92 Å². The fourth-order valence-electron chi connectivity index (χ4n) is 2.64. The zero-order valence-electron chi connectivity index (χ0n) is 14.8. The van der Waals surface area contributed by atoms with Crippen LogP contribution in [0.4, 0.5) is 13.2 Å². The van der Waals surface area contributed by atoms with Crippen molar-refractivity contribution in [3.63, 3.8) is 0 Å². The van der Waals surface area contributed by atoms with E-state index >= 15 is 0 Å². The summed E-state index contributed by atoms with van der Waals surface area (Å²) in [7, 11) is 2.89. The third-order valence-corrected chi connectivity index (χ3v) is 3.76. The van der Waals surface area contributed by atoms with Gasteiger partial charge in [-0.3, -0.25) is 0 Å². The van der Waals surface area contributed by atoms with Crippen LogP contribution >= 0.6 is 0 Å². The SMILES string of the molecule is COc1cc(OC(F)(F)F)ccc1-c1nc(OC)c(CCCN)cc1C. The van der Waals surface area contributed by atoms with Gasteiger partial charge in [0.15, 0.2) is 0 Å². The number of benzene rings is 1. The van der Waals surface area contributed by atoms with Gasteiger partial charge in [0.2, 0.25) is 5.88 Å². The lowest BCUT2D eigenvalue weighted by molar-refractivity contribution is -0.274. The fraction of sp³-hybridized carbons (Fsp3) is 0.389. The Bertz CT molecular complexity index is 764. The Morgan fingerprint density at radius 3 is 2.42 bits per heavy atom. The number of nitrogens with two attached hydrogens (primary N) is 1. The van der Waals surface area contributed by atoms with Crippen molar-refractivity contribution >= 4 is 0 Å². The van der Waals surface area contributed by atoms with E-state index < -0.39 is 6.36 Å². The molecule has 26 heavy (non-hydrogen) atoms. The number of pyridine rings is 1. The predicted molar refractivity (Wildman–Crippen MR) is 91.6 cm³/mol. The molecule has 2 aromatic rings. The van der Waals surface area contributed by atoms with E-state index in [4.69, 9.17) is 15.2 Å². The number of aryl methyl sites for hydroxylation is 2. The summed E-state index contributed by atoms with van der Waals surface area (Å²) in [6.07, 6.45) is -3.25. The Morgan fingerprint density at radius 2 is 1.85 bits per heavy atom. The molecule has 0 fully saturated rings. The molecule has 0 bridgehead atoms. The number of hydrogen-bond donors (Lipinski definition) is 1. The molecule has 8 heteroatoms. The molecule has 0 unspecified atom stereocenters. The second kappa shape index (κ2) is 8.27. The maximum Gasteiger partial charge on any atom is 0.573 e. The monoisotopic (exact) mass is 370 g/mol. The normalized spacial score (nSPS) is 11.3. The Morgan fingerprint density at radius 1 is 1.12 bits per heavy atom. The molecule has 1 aromatic heterocycles. The van der Waals surface area contributed by atoms with Crippen LogP contribution in [0.5, 0.6) is 17.4 Å². The molecular weight excluding hydrogens is 349 g/mol. The quantitative estimate of drug-likeness (QED) is 0.802. The highest BCUT2D eigenvalue weighted by Crippen LogP contribution is 2.37. The molecule has 0 atom stereocenters. The Hall–Kier alpha value is -2.48. The molecule has 0 saturated heterocycles. The summed E-state index contributed by atoms with van der Waals surface area (Å²) in [5.74, 6) is 0.318. The molecular formula is C18H21F3N2O3. The first kappa shape index (κ1) is 19.8. The van der Waals surface area contributed by atoms with E-state index in [2.05, 4.69) is 9.72 Å². The van der Waals surface area contributed by atoms with Crippen LogP contribution in [0.3, 0.4) is 0 Å². The average molecular weight is 370 g/mol. The summed E-state index contributed by atoms with van der Waals surface area (Å²) in [6, 6.07) is 5.82. The Labute approximate surface area is 149 Å². The summed E-state index contributed by atoms with van der Waals surface area (Å²) in [5, 5.41) is 0. The lowest BCUT2D eigenvalue weighted by atomic mass is 10.0. The van der Waals surface area contributed by atoms with Crippen LogP contribution in [0.1, 0.15) is 17.5 Å². The zero-order valence-corrected chi connectivity index (χ0v) is 14.8. The molecule has 1 aromatic carbocycles. The first-order valence-corrected chi connectivity index (χ1v) is 7.97. The van der Waals surface area contributed by atoms with Crippen molar-refractivity contribution in [3.05, 3.63) is 35.4 Å². The van der Waals surface area contributed by atoms with Crippen LogP contribution in [0.2, 0.25) is 0 Å². The van der Waals surface area contributed by atoms with E-state index in [1.54, 1.807) is 0 Å². The van der Waals surface area contributed by atoms with E-state index in [1.165, 1.54) is 32.4 Å². The van der Waals surface area contributed by atoms with E-state index in [1.807, 2.05) is 13.0 Å². The molecule has 0 amide bonds. The summed E-state index contributed by atoms with van der Waals surface area (Å²) < 4.78 is 51.8. The number of alkyl halides is 3. The van der Waals surface area contributed by atoms with Gasteiger partial charge in [0.25, 0.3) is 0 Å². The van der Waals surface area contributed by atoms with Gasteiger partial charge in [0.1, 0.15) is 11.5 Å². The Kier molecular flexibility index (Phi) is 6.31. The standard InChI is InChI=1S/C18H21F3N2O3/c1-11-9-12(5-4-8-22)17(25-3)23-16(11)14-7-6-13(10-15(14)24-2)26-18(19,20)21/h6-7,9-10H,4-5,8,22H2,1-3H3. The number of halogens is 3. The van der Waals surface area contributed by atoms with Crippen molar-refractivity contribution in [2.24, 2.45) is 5.73 Å². The molecule has 142 valence electrons. The topological polar surface area (TPSA) is 66.6 Å². The molecule has 2 N–H and O–H groups in total. The van der Waals surface area contributed by atoms with Crippen LogP contribution in [-0.4, -0.2) is 32.1 Å². The first-order chi connectivity index (χ1) is 12.3. The summed E-state index contributed by atoms with van der Waals surface area (Å²) >= 11 is 0. The van der Waals surface area contributed by atoms with Crippen molar-refractivity contribution in [2.45, 2.75) is 26.1 Å². The van der Waals surface area contributed by atoms with Gasteiger partial charge in [0.05, 0.1) is 19.9 Å². The number of nitrogens with zero attached hydrogens (tertiary/aromatic N) is 1. The maximum absolute atomic E-state index is 12.4. The summed E-state index contributed by atoms with van der Waals surface area (Å²) in [5.41, 5.74) is 8.44. The summed E-state index contributed by atoms with van der Waals surface area (Å²) in [4.78, 5) is 4.52. The third kappa shape index (κ3) is 4.78. The van der Waals surface area contributed by atoms with Gasteiger partial charge in [-0.05, 0) is 50.1 Å². The van der Waals surface area contributed by atoms with Gasteiger partial charge < -0.3 is 19.9 Å². The van der Waals surface area contributed by atoms with E-state index in [0.29, 0.717) is 23.7 Å². The minimum absolute atomic E-state index is 0.221. The minimum atomic E-state index is -4.77. The average Bonchev–Trinajstić information content (AvgIpc) is 2.58. The van der Waals surface area contributed by atoms with E-state index in [0.717, 1.165) is 24.0 Å². The lowest BCUT2D eigenvalue weighted by Crippen LogP contribution is -2.17. The van der Waals surface area contributed by atoms with Crippen molar-refractivity contribution in [1.29, 1.82) is 0 Å². The molecule has 0 spiro atoms. The first-order valence-electron chi connectivity index (χ1n) is 7.97. The van der Waals surface area contributed by atoms with Crippen LogP contribution < -0.4 is 19.9 Å². The highest BCUT2D eigenvalue weighted by Gasteiger charge is 2.31. The summed E-state index contributed by atoms with van der Waals surface area (Å²) in [6.45, 7) is 2.42. The van der Waals surface area contributed by atoms with Crippen LogP contribution in [0.25, 0.3) is 11.3 Å². The highest BCUT2D eigenvalue weighted by atomic mass is 19.4. The lowest BCUT2D eigenvalue weighted by Gasteiger charge is -2.16.